The lowest BCUT2D eigenvalue weighted by molar-refractivity contribution is 0.175. The van der Waals surface area contributed by atoms with Gasteiger partial charge in [-0.25, -0.2) is 0 Å². The molecule has 1 aromatic rings. The van der Waals surface area contributed by atoms with Crippen LogP contribution in [0.4, 0.5) is 5.69 Å². The zero-order valence-electron chi connectivity index (χ0n) is 16.6. The minimum absolute atomic E-state index is 0. The Kier molecular flexibility index (Phi) is 12.4. The molecule has 150 valence electrons. The van der Waals surface area contributed by atoms with Crippen LogP contribution in [0, 0.1) is 5.41 Å². The number of halogens is 1. The van der Waals surface area contributed by atoms with Crippen molar-refractivity contribution >= 4 is 35.6 Å². The number of hydrogen-bond acceptors (Lipinski definition) is 4. The Morgan fingerprint density at radius 2 is 1.77 bits per heavy atom. The zero-order valence-corrected chi connectivity index (χ0v) is 18.9. The van der Waals surface area contributed by atoms with Crippen molar-refractivity contribution in [2.75, 3.05) is 39.2 Å². The quantitative estimate of drug-likeness (QED) is 0.270. The first-order valence-electron chi connectivity index (χ1n) is 8.96. The van der Waals surface area contributed by atoms with Crippen molar-refractivity contribution in [2.24, 2.45) is 10.4 Å². The molecule has 3 N–H and O–H groups in total. The Hall–Kier alpha value is -1.22. The molecule has 0 aliphatic heterocycles. The van der Waals surface area contributed by atoms with Gasteiger partial charge in [0.15, 0.2) is 17.5 Å². The summed E-state index contributed by atoms with van der Waals surface area (Å²) in [5.41, 5.74) is 0.910. The molecule has 7 heteroatoms. The van der Waals surface area contributed by atoms with Crippen LogP contribution in [-0.4, -0.2) is 45.0 Å². The molecule has 26 heavy (non-hydrogen) atoms. The minimum Gasteiger partial charge on any atom is -0.493 e. The van der Waals surface area contributed by atoms with Gasteiger partial charge in [-0.15, -0.1) is 24.0 Å². The van der Waals surface area contributed by atoms with E-state index in [-0.39, 0.29) is 36.0 Å². The fourth-order valence-electron chi connectivity index (χ4n) is 2.75. The van der Waals surface area contributed by atoms with Gasteiger partial charge in [-0.05, 0) is 43.7 Å². The summed E-state index contributed by atoms with van der Waals surface area (Å²) in [5, 5.41) is 15.9. The summed E-state index contributed by atoms with van der Waals surface area (Å²) in [6.07, 6.45) is 2.74. The molecule has 1 rings (SSSR count). The Morgan fingerprint density at radius 1 is 1.12 bits per heavy atom. The number of rotatable bonds is 10. The molecule has 0 saturated carbocycles. The Morgan fingerprint density at radius 3 is 2.27 bits per heavy atom. The number of aliphatic hydroxyl groups excluding tert-OH is 1. The van der Waals surface area contributed by atoms with Crippen LogP contribution in [0.3, 0.4) is 0 Å². The Labute approximate surface area is 174 Å². The molecule has 0 fully saturated rings. The van der Waals surface area contributed by atoms with Crippen molar-refractivity contribution in [3.05, 3.63) is 18.2 Å². The van der Waals surface area contributed by atoms with E-state index >= 15 is 0 Å². The van der Waals surface area contributed by atoms with Gasteiger partial charge in [0, 0.05) is 31.5 Å². The Bertz CT molecular complexity index is 549. The summed E-state index contributed by atoms with van der Waals surface area (Å²) in [5.74, 6) is 2.08. The van der Waals surface area contributed by atoms with E-state index in [9.17, 15) is 5.11 Å². The molecule has 0 saturated heterocycles. The smallest absolute Gasteiger partial charge is 0.195 e. The predicted molar refractivity (Wildman–Crippen MR) is 119 cm³/mol. The maximum atomic E-state index is 9.37. The maximum absolute atomic E-state index is 9.37. The molecule has 0 aliphatic rings. The lowest BCUT2D eigenvalue weighted by Crippen LogP contribution is -2.33. The molecule has 1 aromatic carbocycles. The zero-order chi connectivity index (χ0) is 18.7. The number of hydrogen-bond donors (Lipinski definition) is 3. The van der Waals surface area contributed by atoms with Crippen LogP contribution in [0.15, 0.2) is 23.2 Å². The average molecular weight is 479 g/mol. The minimum atomic E-state index is 0. The normalized spacial score (nSPS) is 11.5. The second-order valence-corrected chi connectivity index (χ2v) is 6.07. The monoisotopic (exact) mass is 479 g/mol. The van der Waals surface area contributed by atoms with Crippen molar-refractivity contribution in [3.8, 4) is 11.5 Å². The molecular formula is C19H34IN3O3. The van der Waals surface area contributed by atoms with E-state index < -0.39 is 0 Å². The number of benzene rings is 1. The fourth-order valence-corrected chi connectivity index (χ4v) is 2.75. The first-order chi connectivity index (χ1) is 12.1. The van der Waals surface area contributed by atoms with Crippen molar-refractivity contribution in [2.45, 2.75) is 40.0 Å². The first-order valence-corrected chi connectivity index (χ1v) is 8.96. The number of nitrogens with one attached hydrogen (secondary N) is 2. The second kappa shape index (κ2) is 13.0. The molecule has 0 bridgehead atoms. The molecule has 0 spiro atoms. The number of aliphatic imine (C=N–C) groups is 1. The number of aliphatic hydroxyl groups is 1. The lowest BCUT2D eigenvalue weighted by atomic mass is 9.79. The van der Waals surface area contributed by atoms with Crippen LogP contribution in [0.25, 0.3) is 0 Å². The van der Waals surface area contributed by atoms with Gasteiger partial charge in [0.25, 0.3) is 0 Å². The van der Waals surface area contributed by atoms with Crippen LogP contribution in [0.5, 0.6) is 11.5 Å². The summed E-state index contributed by atoms with van der Waals surface area (Å²) >= 11 is 0. The van der Waals surface area contributed by atoms with Crippen LogP contribution >= 0.6 is 24.0 Å². The van der Waals surface area contributed by atoms with Crippen molar-refractivity contribution in [3.63, 3.8) is 0 Å². The fraction of sp³-hybridized carbons (Fsp3) is 0.632. The van der Waals surface area contributed by atoms with Crippen LogP contribution < -0.4 is 20.1 Å². The van der Waals surface area contributed by atoms with Gasteiger partial charge in [-0.3, -0.25) is 4.99 Å². The highest BCUT2D eigenvalue weighted by Crippen LogP contribution is 2.31. The molecule has 0 radical (unpaired) electrons. The van der Waals surface area contributed by atoms with Gasteiger partial charge in [-0.2, -0.15) is 0 Å². The van der Waals surface area contributed by atoms with E-state index in [4.69, 9.17) is 14.5 Å². The summed E-state index contributed by atoms with van der Waals surface area (Å²) in [4.78, 5) is 4.75. The van der Waals surface area contributed by atoms with Crippen molar-refractivity contribution < 1.29 is 14.6 Å². The molecule has 0 aromatic heterocycles. The number of guanidine groups is 1. The third-order valence-corrected chi connectivity index (χ3v) is 4.71. The number of ether oxygens (including phenoxy) is 2. The molecule has 0 aliphatic carbocycles. The average Bonchev–Trinajstić information content (AvgIpc) is 2.65. The van der Waals surface area contributed by atoms with Crippen molar-refractivity contribution in [1.82, 2.24) is 5.32 Å². The summed E-state index contributed by atoms with van der Waals surface area (Å²) in [6.45, 7) is 7.98. The Balaban J connectivity index is 0.00000625. The van der Waals surface area contributed by atoms with E-state index in [0.717, 1.165) is 37.5 Å². The van der Waals surface area contributed by atoms with Crippen molar-refractivity contribution in [1.29, 1.82) is 0 Å². The molecular weight excluding hydrogens is 445 g/mol. The number of nitrogens with zero attached hydrogens (tertiary/aromatic N) is 1. The highest BCUT2D eigenvalue weighted by atomic mass is 127. The molecule has 0 heterocycles. The van der Waals surface area contributed by atoms with Gasteiger partial charge in [0.1, 0.15) is 0 Å². The molecule has 0 unspecified atom stereocenters. The van der Waals surface area contributed by atoms with E-state index in [1.807, 2.05) is 25.1 Å². The number of methoxy groups -OCH3 is 2. The van der Waals surface area contributed by atoms with E-state index in [2.05, 4.69) is 24.5 Å². The first kappa shape index (κ1) is 24.8. The van der Waals surface area contributed by atoms with Gasteiger partial charge >= 0.3 is 0 Å². The van der Waals surface area contributed by atoms with E-state index in [1.54, 1.807) is 14.2 Å². The standard InChI is InChI=1S/C19H33N3O3.HI/c1-6-19(7-2,11-12-23)14-21-18(20-8-3)22-15-9-10-16(24-4)17(13-15)25-5;/h9-10,13,23H,6-8,11-12,14H2,1-5H3,(H2,20,21,22);1H. The third-order valence-electron chi connectivity index (χ3n) is 4.71. The lowest BCUT2D eigenvalue weighted by Gasteiger charge is -2.29. The summed E-state index contributed by atoms with van der Waals surface area (Å²) in [6, 6.07) is 5.67. The molecule has 0 atom stereocenters. The van der Waals surface area contributed by atoms with Crippen LogP contribution in [0.1, 0.15) is 40.0 Å². The van der Waals surface area contributed by atoms with Gasteiger partial charge in [0.2, 0.25) is 0 Å². The van der Waals surface area contributed by atoms with Crippen LogP contribution in [-0.2, 0) is 0 Å². The SMILES string of the molecule is CCNC(=NCC(CC)(CC)CCO)Nc1ccc(OC)c(OC)c1.I. The van der Waals surface area contributed by atoms with Gasteiger partial charge in [0.05, 0.1) is 14.2 Å². The highest BCUT2D eigenvalue weighted by molar-refractivity contribution is 14.0. The second-order valence-electron chi connectivity index (χ2n) is 6.07. The van der Waals surface area contributed by atoms with E-state index in [1.165, 1.54) is 0 Å². The molecule has 6 nitrogen and oxygen atoms in total. The predicted octanol–water partition coefficient (Wildman–Crippen LogP) is 3.89. The summed E-state index contributed by atoms with van der Waals surface area (Å²) < 4.78 is 10.6. The largest absolute Gasteiger partial charge is 0.493 e. The highest BCUT2D eigenvalue weighted by Gasteiger charge is 2.25. The van der Waals surface area contributed by atoms with Gasteiger partial charge in [-0.1, -0.05) is 13.8 Å². The third kappa shape index (κ3) is 7.19. The van der Waals surface area contributed by atoms with E-state index in [0.29, 0.717) is 18.0 Å². The number of anilines is 1. The maximum Gasteiger partial charge on any atom is 0.195 e. The topological polar surface area (TPSA) is 75.1 Å². The molecule has 0 amide bonds. The van der Waals surface area contributed by atoms with Gasteiger partial charge < -0.3 is 25.2 Å². The van der Waals surface area contributed by atoms with Crippen LogP contribution in [0.2, 0.25) is 0 Å². The summed E-state index contributed by atoms with van der Waals surface area (Å²) in [7, 11) is 3.24.